The van der Waals surface area contributed by atoms with Gasteiger partial charge in [0.1, 0.15) is 0 Å². The molecule has 0 saturated carbocycles. The van der Waals surface area contributed by atoms with Crippen molar-refractivity contribution in [1.29, 1.82) is 0 Å². The molecule has 3 nitrogen and oxygen atoms in total. The molecule has 1 radical (unpaired) electrons. The van der Waals surface area contributed by atoms with Gasteiger partial charge in [0.25, 0.3) is 0 Å². The topological polar surface area (TPSA) is 35.4 Å². The maximum atomic E-state index is 5.30. The van der Waals surface area contributed by atoms with Gasteiger partial charge in [-0.3, -0.25) is 0 Å². The molecular weight excluding hydrogens is 140 g/mol. The first-order valence-corrected chi connectivity index (χ1v) is 4.32. The third kappa shape index (κ3) is 3.70. The van der Waals surface area contributed by atoms with E-state index in [1.807, 2.05) is 7.05 Å². The second-order valence-electron chi connectivity index (χ2n) is 2.88. The lowest BCUT2D eigenvalue weighted by molar-refractivity contribution is 0.0713. The lowest BCUT2D eigenvalue weighted by Gasteiger charge is -2.21. The van der Waals surface area contributed by atoms with Crippen LogP contribution in [-0.2, 0) is 4.74 Å². The zero-order chi connectivity index (χ0) is 7.94. The van der Waals surface area contributed by atoms with Gasteiger partial charge in [0.2, 0.25) is 0 Å². The minimum atomic E-state index is 0.470. The molecule has 0 aromatic heterocycles. The van der Waals surface area contributed by atoms with Crippen LogP contribution in [0, 0.1) is 0 Å². The molecule has 1 unspecified atom stereocenters. The van der Waals surface area contributed by atoms with E-state index in [-0.39, 0.29) is 0 Å². The summed E-state index contributed by atoms with van der Waals surface area (Å²) in [4.78, 5) is 0. The first-order chi connectivity index (χ1) is 5.43. The van der Waals surface area contributed by atoms with Gasteiger partial charge in [-0.15, -0.1) is 0 Å². The van der Waals surface area contributed by atoms with Gasteiger partial charge in [0.05, 0.1) is 13.2 Å². The fourth-order valence-corrected chi connectivity index (χ4v) is 1.26. The van der Waals surface area contributed by atoms with Crippen LogP contribution < -0.4 is 10.6 Å². The fourth-order valence-electron chi connectivity index (χ4n) is 1.26. The molecule has 1 fully saturated rings. The highest BCUT2D eigenvalue weighted by Gasteiger charge is 2.12. The minimum absolute atomic E-state index is 0.470. The summed E-state index contributed by atoms with van der Waals surface area (Å²) in [5.41, 5.74) is 0. The molecule has 3 heteroatoms. The quantitative estimate of drug-likeness (QED) is 0.582. The highest BCUT2D eigenvalue weighted by Crippen LogP contribution is 2.02. The van der Waals surface area contributed by atoms with Crippen LogP contribution in [0.3, 0.4) is 0 Å². The number of morpholine rings is 1. The van der Waals surface area contributed by atoms with Crippen molar-refractivity contribution >= 4 is 0 Å². The number of rotatable bonds is 4. The third-order valence-electron chi connectivity index (χ3n) is 1.90. The first-order valence-electron chi connectivity index (χ1n) is 4.32. The summed E-state index contributed by atoms with van der Waals surface area (Å²) >= 11 is 0. The Bertz CT molecular complexity index is 92.1. The molecule has 1 aliphatic rings. The number of nitrogens with zero attached hydrogens (tertiary/aromatic N) is 1. The molecule has 1 N–H and O–H groups in total. The lowest BCUT2D eigenvalue weighted by atomic mass is 10.1. The molecule has 0 spiro atoms. The summed E-state index contributed by atoms with van der Waals surface area (Å²) in [5.74, 6) is 0. The summed E-state index contributed by atoms with van der Waals surface area (Å²) in [6.07, 6.45) is 2.37. The van der Waals surface area contributed by atoms with E-state index in [1.54, 1.807) is 0 Å². The Morgan fingerprint density at radius 1 is 1.64 bits per heavy atom. The van der Waals surface area contributed by atoms with Gasteiger partial charge in [-0.25, -0.2) is 5.32 Å². The molecule has 1 aliphatic heterocycles. The monoisotopic (exact) mass is 157 g/mol. The third-order valence-corrected chi connectivity index (χ3v) is 1.90. The van der Waals surface area contributed by atoms with E-state index in [9.17, 15) is 0 Å². The second kappa shape index (κ2) is 5.52. The van der Waals surface area contributed by atoms with Gasteiger partial charge in [-0.05, 0) is 26.4 Å². The molecule has 0 aliphatic carbocycles. The van der Waals surface area contributed by atoms with Gasteiger partial charge < -0.3 is 10.1 Å². The molecule has 0 amide bonds. The summed E-state index contributed by atoms with van der Waals surface area (Å²) in [7, 11) is 1.98. The van der Waals surface area contributed by atoms with Crippen molar-refractivity contribution in [3.8, 4) is 0 Å². The molecule has 0 bridgehead atoms. The average Bonchev–Trinajstić information content (AvgIpc) is 2.07. The SMILES string of the molecule is CNCCCC1COCC[N]1. The van der Waals surface area contributed by atoms with Crippen LogP contribution >= 0.6 is 0 Å². The largest absolute Gasteiger partial charge is 0.378 e. The Balaban J connectivity index is 1.96. The van der Waals surface area contributed by atoms with Crippen LogP contribution in [0.25, 0.3) is 0 Å². The van der Waals surface area contributed by atoms with Crippen LogP contribution in [0.15, 0.2) is 0 Å². The molecule has 1 heterocycles. The zero-order valence-electron chi connectivity index (χ0n) is 7.18. The van der Waals surface area contributed by atoms with E-state index >= 15 is 0 Å². The molecule has 11 heavy (non-hydrogen) atoms. The molecule has 1 atom stereocenters. The number of nitrogens with one attached hydrogen (secondary N) is 1. The van der Waals surface area contributed by atoms with Crippen LogP contribution in [-0.4, -0.2) is 39.4 Å². The van der Waals surface area contributed by atoms with E-state index in [0.29, 0.717) is 6.04 Å². The highest BCUT2D eigenvalue weighted by molar-refractivity contribution is 4.69. The van der Waals surface area contributed by atoms with Crippen LogP contribution in [0.5, 0.6) is 0 Å². The fraction of sp³-hybridized carbons (Fsp3) is 1.00. The van der Waals surface area contributed by atoms with Gasteiger partial charge in [0, 0.05) is 12.6 Å². The number of ether oxygens (including phenoxy) is 1. The van der Waals surface area contributed by atoms with Gasteiger partial charge in [-0.2, -0.15) is 0 Å². The van der Waals surface area contributed by atoms with Crippen molar-refractivity contribution in [3.63, 3.8) is 0 Å². The van der Waals surface area contributed by atoms with E-state index in [4.69, 9.17) is 4.74 Å². The first kappa shape index (κ1) is 8.97. The van der Waals surface area contributed by atoms with Gasteiger partial charge in [-0.1, -0.05) is 0 Å². The number of hydrogen-bond donors (Lipinski definition) is 1. The number of hydrogen-bond acceptors (Lipinski definition) is 2. The van der Waals surface area contributed by atoms with Crippen molar-refractivity contribution in [3.05, 3.63) is 0 Å². The highest BCUT2D eigenvalue weighted by atomic mass is 16.5. The van der Waals surface area contributed by atoms with E-state index in [2.05, 4.69) is 10.6 Å². The summed E-state index contributed by atoms with van der Waals surface area (Å²) in [6, 6.07) is 0.470. The Morgan fingerprint density at radius 3 is 3.18 bits per heavy atom. The van der Waals surface area contributed by atoms with E-state index < -0.39 is 0 Å². The van der Waals surface area contributed by atoms with Crippen LogP contribution in [0.1, 0.15) is 12.8 Å². The van der Waals surface area contributed by atoms with Crippen LogP contribution in [0.4, 0.5) is 0 Å². The molecule has 65 valence electrons. The van der Waals surface area contributed by atoms with Gasteiger partial charge >= 0.3 is 0 Å². The maximum Gasteiger partial charge on any atom is 0.0636 e. The Labute approximate surface area is 68.5 Å². The van der Waals surface area contributed by atoms with Crippen molar-refractivity contribution in [2.45, 2.75) is 18.9 Å². The Hall–Kier alpha value is -0.120. The Kier molecular flexibility index (Phi) is 4.50. The summed E-state index contributed by atoms with van der Waals surface area (Å²) in [6.45, 7) is 3.64. The normalized spacial score (nSPS) is 25.4. The van der Waals surface area contributed by atoms with Crippen molar-refractivity contribution in [2.75, 3.05) is 33.4 Å². The van der Waals surface area contributed by atoms with Gasteiger partial charge in [0.15, 0.2) is 0 Å². The van der Waals surface area contributed by atoms with Crippen LogP contribution in [0.2, 0.25) is 0 Å². The molecule has 1 saturated heterocycles. The predicted molar refractivity (Wildman–Crippen MR) is 44.8 cm³/mol. The van der Waals surface area contributed by atoms with Crippen molar-refractivity contribution in [2.24, 2.45) is 0 Å². The molecular formula is C8H17N2O. The summed E-state index contributed by atoms with van der Waals surface area (Å²) < 4.78 is 5.30. The average molecular weight is 157 g/mol. The molecule has 0 aromatic carbocycles. The Morgan fingerprint density at radius 2 is 2.55 bits per heavy atom. The minimum Gasteiger partial charge on any atom is -0.378 e. The van der Waals surface area contributed by atoms with Crippen molar-refractivity contribution < 1.29 is 4.74 Å². The second-order valence-corrected chi connectivity index (χ2v) is 2.88. The smallest absolute Gasteiger partial charge is 0.0636 e. The molecule has 0 aromatic rings. The van der Waals surface area contributed by atoms with E-state index in [0.717, 1.165) is 26.3 Å². The lowest BCUT2D eigenvalue weighted by Crippen LogP contribution is -2.36. The predicted octanol–water partition coefficient (Wildman–Crippen LogP) is -0.0108. The zero-order valence-corrected chi connectivity index (χ0v) is 7.18. The molecule has 1 rings (SSSR count). The standard InChI is InChI=1S/C8H17N2O/c1-9-4-2-3-8-7-11-6-5-10-8/h8-9H,2-7H2,1H3. The maximum absolute atomic E-state index is 5.30. The van der Waals surface area contributed by atoms with E-state index in [1.165, 1.54) is 12.8 Å². The summed E-state index contributed by atoms with van der Waals surface area (Å²) in [5, 5.41) is 7.57. The van der Waals surface area contributed by atoms with Crippen molar-refractivity contribution in [1.82, 2.24) is 10.6 Å².